The highest BCUT2D eigenvalue weighted by molar-refractivity contribution is 6.08. The van der Waals surface area contributed by atoms with Crippen LogP contribution in [-0.2, 0) is 0 Å². The van der Waals surface area contributed by atoms with E-state index in [2.05, 4.69) is 4.98 Å². The van der Waals surface area contributed by atoms with Crippen LogP contribution in [0.15, 0.2) is 65.5 Å². The maximum Gasteiger partial charge on any atom is 0.255 e. The molecule has 0 saturated carbocycles. The number of methoxy groups -OCH3 is 1. The molecule has 3 rings (SSSR count). The predicted molar refractivity (Wildman–Crippen MR) is 90.9 cm³/mol. The summed E-state index contributed by atoms with van der Waals surface area (Å²) in [6, 6.07) is 16.3. The van der Waals surface area contributed by atoms with Crippen LogP contribution < -0.4 is 10.3 Å². The van der Waals surface area contributed by atoms with E-state index in [4.69, 9.17) is 4.74 Å². The van der Waals surface area contributed by atoms with Crippen molar-refractivity contribution < 1.29 is 9.53 Å². The van der Waals surface area contributed by atoms with Gasteiger partial charge in [0.05, 0.1) is 12.7 Å². The van der Waals surface area contributed by atoms with Crippen molar-refractivity contribution in [1.82, 2.24) is 4.98 Å². The Balaban J connectivity index is 1.95. The Morgan fingerprint density at radius 3 is 2.65 bits per heavy atom. The number of ether oxygens (including phenoxy) is 1. The maximum absolute atomic E-state index is 12.3. The Bertz CT molecular complexity index is 954. The second-order valence-electron chi connectivity index (χ2n) is 5.04. The molecule has 114 valence electrons. The van der Waals surface area contributed by atoms with Gasteiger partial charge in [-0.1, -0.05) is 30.3 Å². The summed E-state index contributed by atoms with van der Waals surface area (Å²) < 4.78 is 5.18. The van der Waals surface area contributed by atoms with Crippen LogP contribution in [0.1, 0.15) is 15.9 Å². The first-order chi connectivity index (χ1) is 11.2. The number of pyridine rings is 1. The van der Waals surface area contributed by atoms with Gasteiger partial charge < -0.3 is 9.72 Å². The highest BCUT2D eigenvalue weighted by atomic mass is 16.5. The average Bonchev–Trinajstić information content (AvgIpc) is 2.59. The molecule has 0 amide bonds. The lowest BCUT2D eigenvalue weighted by Crippen LogP contribution is -2.09. The number of ketones is 1. The number of hydrogen-bond donors (Lipinski definition) is 1. The molecule has 23 heavy (non-hydrogen) atoms. The normalized spacial score (nSPS) is 11.0. The number of hydrogen-bond acceptors (Lipinski definition) is 3. The maximum atomic E-state index is 12.3. The van der Waals surface area contributed by atoms with E-state index in [9.17, 15) is 9.59 Å². The number of rotatable bonds is 4. The van der Waals surface area contributed by atoms with Crippen LogP contribution in [0, 0.1) is 0 Å². The van der Waals surface area contributed by atoms with Gasteiger partial charge in [0.15, 0.2) is 5.78 Å². The van der Waals surface area contributed by atoms with Crippen molar-refractivity contribution in [2.75, 3.05) is 7.11 Å². The SMILES string of the molecule is COc1ccccc1C(=O)/C=C/c1cc2ccccc2[nH]c1=O. The fourth-order valence-corrected chi connectivity index (χ4v) is 2.39. The molecule has 1 heterocycles. The summed E-state index contributed by atoms with van der Waals surface area (Å²) >= 11 is 0. The number of aromatic nitrogens is 1. The molecule has 0 bridgehead atoms. The van der Waals surface area contributed by atoms with Crippen molar-refractivity contribution in [3.8, 4) is 5.75 Å². The van der Waals surface area contributed by atoms with Gasteiger partial charge in [0.25, 0.3) is 5.56 Å². The molecular weight excluding hydrogens is 290 g/mol. The van der Waals surface area contributed by atoms with Crippen LogP contribution in [0.4, 0.5) is 0 Å². The van der Waals surface area contributed by atoms with Crippen molar-refractivity contribution in [1.29, 1.82) is 0 Å². The van der Waals surface area contributed by atoms with Crippen LogP contribution in [0.2, 0.25) is 0 Å². The quantitative estimate of drug-likeness (QED) is 0.593. The molecule has 1 aromatic heterocycles. The standard InChI is InChI=1S/C19H15NO3/c1-23-18-9-5-3-7-15(18)17(21)11-10-14-12-13-6-2-4-8-16(13)20-19(14)22/h2-12H,1H3,(H,20,22)/b11-10+. The van der Waals surface area contributed by atoms with E-state index in [1.165, 1.54) is 19.3 Å². The number of benzene rings is 2. The molecule has 0 aliphatic carbocycles. The number of nitrogens with one attached hydrogen (secondary N) is 1. The highest BCUT2D eigenvalue weighted by Crippen LogP contribution is 2.18. The molecule has 0 aliphatic rings. The van der Waals surface area contributed by atoms with Crippen molar-refractivity contribution in [3.63, 3.8) is 0 Å². The topological polar surface area (TPSA) is 59.2 Å². The Hall–Kier alpha value is -3.14. The third kappa shape index (κ3) is 3.06. The Morgan fingerprint density at radius 1 is 1.09 bits per heavy atom. The minimum absolute atomic E-state index is 0.213. The molecule has 4 nitrogen and oxygen atoms in total. The summed E-state index contributed by atoms with van der Waals surface area (Å²) in [5.74, 6) is 0.296. The molecule has 0 fully saturated rings. The van der Waals surface area contributed by atoms with Gasteiger partial charge in [-0.2, -0.15) is 0 Å². The molecule has 0 saturated heterocycles. The first kappa shape index (κ1) is 14.8. The number of carbonyl (C=O) groups is 1. The van der Waals surface area contributed by atoms with Gasteiger partial charge in [-0.3, -0.25) is 9.59 Å². The van der Waals surface area contributed by atoms with Crippen LogP contribution in [0.3, 0.4) is 0 Å². The van der Waals surface area contributed by atoms with Gasteiger partial charge in [-0.25, -0.2) is 0 Å². The van der Waals surface area contributed by atoms with Crippen LogP contribution >= 0.6 is 0 Å². The van der Waals surface area contributed by atoms with E-state index in [1.54, 1.807) is 30.3 Å². The van der Waals surface area contributed by atoms with Crippen molar-refractivity contribution in [2.24, 2.45) is 0 Å². The lowest BCUT2D eigenvalue weighted by molar-refractivity contribution is 0.104. The van der Waals surface area contributed by atoms with E-state index in [1.807, 2.05) is 24.3 Å². The molecule has 4 heteroatoms. The number of fused-ring (bicyclic) bond motifs is 1. The van der Waals surface area contributed by atoms with Crippen LogP contribution in [0.25, 0.3) is 17.0 Å². The lowest BCUT2D eigenvalue weighted by Gasteiger charge is -2.04. The van der Waals surface area contributed by atoms with E-state index in [0.29, 0.717) is 16.9 Å². The molecule has 0 spiro atoms. The molecular formula is C19H15NO3. The zero-order chi connectivity index (χ0) is 16.2. The smallest absolute Gasteiger partial charge is 0.255 e. The summed E-state index contributed by atoms with van der Waals surface area (Å²) in [6.07, 6.45) is 2.91. The number of carbonyl (C=O) groups excluding carboxylic acids is 1. The third-order valence-electron chi connectivity index (χ3n) is 3.57. The fraction of sp³-hybridized carbons (Fsp3) is 0.0526. The van der Waals surface area contributed by atoms with E-state index in [0.717, 1.165) is 10.9 Å². The lowest BCUT2D eigenvalue weighted by atomic mass is 10.1. The van der Waals surface area contributed by atoms with Gasteiger partial charge in [0.1, 0.15) is 5.75 Å². The molecule has 0 aliphatic heterocycles. The van der Waals surface area contributed by atoms with Gasteiger partial charge in [-0.05, 0) is 41.8 Å². The second kappa shape index (κ2) is 6.32. The Kier molecular flexibility index (Phi) is 4.06. The van der Waals surface area contributed by atoms with Gasteiger partial charge in [-0.15, -0.1) is 0 Å². The van der Waals surface area contributed by atoms with Crippen molar-refractivity contribution in [3.05, 3.63) is 82.2 Å². The van der Waals surface area contributed by atoms with Gasteiger partial charge in [0.2, 0.25) is 0 Å². The van der Waals surface area contributed by atoms with Crippen molar-refractivity contribution in [2.45, 2.75) is 0 Å². The van der Waals surface area contributed by atoms with Crippen molar-refractivity contribution >= 4 is 22.8 Å². The molecule has 3 aromatic rings. The molecule has 0 unspecified atom stereocenters. The molecule has 0 radical (unpaired) electrons. The number of para-hydroxylation sites is 2. The fourth-order valence-electron chi connectivity index (χ4n) is 2.39. The van der Waals surface area contributed by atoms with E-state index < -0.39 is 0 Å². The summed E-state index contributed by atoms with van der Waals surface area (Å²) in [5.41, 5.74) is 1.44. The van der Waals surface area contributed by atoms with Crippen LogP contribution in [0.5, 0.6) is 5.75 Å². The third-order valence-corrected chi connectivity index (χ3v) is 3.57. The minimum atomic E-state index is -0.229. The molecule has 2 aromatic carbocycles. The summed E-state index contributed by atoms with van der Waals surface area (Å²) in [7, 11) is 1.52. The largest absolute Gasteiger partial charge is 0.496 e. The van der Waals surface area contributed by atoms with E-state index >= 15 is 0 Å². The second-order valence-corrected chi connectivity index (χ2v) is 5.04. The highest BCUT2D eigenvalue weighted by Gasteiger charge is 2.08. The molecule has 0 atom stereocenters. The van der Waals surface area contributed by atoms with Gasteiger partial charge >= 0.3 is 0 Å². The zero-order valence-corrected chi connectivity index (χ0v) is 12.6. The molecule has 1 N–H and O–H groups in total. The first-order valence-corrected chi connectivity index (χ1v) is 7.16. The average molecular weight is 305 g/mol. The van der Waals surface area contributed by atoms with Gasteiger partial charge in [0, 0.05) is 11.1 Å². The summed E-state index contributed by atoms with van der Waals surface area (Å²) in [4.78, 5) is 27.2. The Morgan fingerprint density at radius 2 is 1.83 bits per heavy atom. The summed E-state index contributed by atoms with van der Waals surface area (Å²) in [5, 5.41) is 0.913. The number of allylic oxidation sites excluding steroid dienone is 1. The predicted octanol–water partition coefficient (Wildman–Crippen LogP) is 3.43. The first-order valence-electron chi connectivity index (χ1n) is 7.16. The monoisotopic (exact) mass is 305 g/mol. The number of aromatic amines is 1. The number of H-pyrrole nitrogens is 1. The minimum Gasteiger partial charge on any atom is -0.496 e. The Labute approximate surface area is 133 Å². The zero-order valence-electron chi connectivity index (χ0n) is 12.6. The summed E-state index contributed by atoms with van der Waals surface area (Å²) in [6.45, 7) is 0. The van der Waals surface area contributed by atoms with Crippen LogP contribution in [-0.4, -0.2) is 17.9 Å². The van der Waals surface area contributed by atoms with E-state index in [-0.39, 0.29) is 11.3 Å².